The van der Waals surface area contributed by atoms with Crippen molar-refractivity contribution in [2.45, 2.75) is 4.90 Å². The van der Waals surface area contributed by atoms with Crippen molar-refractivity contribution in [2.75, 3.05) is 18.6 Å². The number of thioether (sulfide) groups is 1. The van der Waals surface area contributed by atoms with E-state index in [1.807, 2.05) is 12.3 Å². The zero-order valence-electron chi connectivity index (χ0n) is 6.39. The van der Waals surface area contributed by atoms with Crippen LogP contribution in [0.5, 0.6) is 0 Å². The molecule has 1 heterocycles. The van der Waals surface area contributed by atoms with E-state index >= 15 is 0 Å². The molecule has 0 bridgehead atoms. The molecule has 0 aliphatic rings. The Kier molecular flexibility index (Phi) is 3.02. The number of nitrogens with zero attached hydrogens (tertiary/aromatic N) is 1. The second-order valence-electron chi connectivity index (χ2n) is 1.93. The fourth-order valence-electron chi connectivity index (χ4n) is 0.758. The molecule has 0 saturated heterocycles. The highest BCUT2D eigenvalue weighted by atomic mass is 35.5. The van der Waals surface area contributed by atoms with E-state index in [1.54, 1.807) is 25.0 Å². The number of aromatic nitrogens is 1. The summed E-state index contributed by atoms with van der Waals surface area (Å²) in [6.07, 6.45) is 3.73. The average Bonchev–Trinajstić information content (AvgIpc) is 2.05. The minimum atomic E-state index is 0.697. The smallest absolute Gasteiger partial charge is 0.145 e. The van der Waals surface area contributed by atoms with Gasteiger partial charge in [0.2, 0.25) is 0 Å². The lowest BCUT2D eigenvalue weighted by atomic mass is 10.4. The van der Waals surface area contributed by atoms with Crippen LogP contribution in [0.2, 0.25) is 5.02 Å². The summed E-state index contributed by atoms with van der Waals surface area (Å²) in [7, 11) is 1.80. The summed E-state index contributed by atoms with van der Waals surface area (Å²) in [4.78, 5) is 5.10. The Morgan fingerprint density at radius 2 is 2.36 bits per heavy atom. The summed E-state index contributed by atoms with van der Waals surface area (Å²) in [5.74, 6) is 0.735. The van der Waals surface area contributed by atoms with Crippen LogP contribution in [0.4, 0.5) is 5.82 Å². The van der Waals surface area contributed by atoms with Crippen molar-refractivity contribution in [1.29, 1.82) is 0 Å². The highest BCUT2D eigenvalue weighted by Gasteiger charge is 2.03. The maximum Gasteiger partial charge on any atom is 0.145 e. The van der Waals surface area contributed by atoms with Crippen LogP contribution in [0.1, 0.15) is 0 Å². The molecule has 0 radical (unpaired) electrons. The molecule has 2 nitrogen and oxygen atoms in total. The molecule has 4 heteroatoms. The number of hydrogen-bond acceptors (Lipinski definition) is 3. The second-order valence-corrected chi connectivity index (χ2v) is 3.15. The fourth-order valence-corrected chi connectivity index (χ4v) is 1.67. The third-order valence-electron chi connectivity index (χ3n) is 1.31. The molecule has 0 aromatic carbocycles. The highest BCUT2D eigenvalue weighted by Crippen LogP contribution is 2.29. The van der Waals surface area contributed by atoms with Crippen LogP contribution in [0, 0.1) is 0 Å². The zero-order valence-corrected chi connectivity index (χ0v) is 7.96. The van der Waals surface area contributed by atoms with Gasteiger partial charge < -0.3 is 5.32 Å². The summed E-state index contributed by atoms with van der Waals surface area (Å²) < 4.78 is 0. The van der Waals surface area contributed by atoms with E-state index in [0.717, 1.165) is 10.7 Å². The molecular weight excluding hydrogens is 180 g/mol. The lowest BCUT2D eigenvalue weighted by Crippen LogP contribution is -1.93. The average molecular weight is 189 g/mol. The van der Waals surface area contributed by atoms with E-state index < -0.39 is 0 Å². The number of hydrogen-bond donors (Lipinski definition) is 1. The number of nitrogens with one attached hydrogen (secondary N) is 1. The largest absolute Gasteiger partial charge is 0.372 e. The highest BCUT2D eigenvalue weighted by molar-refractivity contribution is 7.98. The Labute approximate surface area is 75.4 Å². The minimum Gasteiger partial charge on any atom is -0.372 e. The summed E-state index contributed by atoms with van der Waals surface area (Å²) in [6, 6.07) is 1.90. The second kappa shape index (κ2) is 3.83. The molecule has 1 N–H and O–H groups in total. The molecule has 0 spiro atoms. The first-order valence-corrected chi connectivity index (χ1v) is 4.76. The number of rotatable bonds is 2. The van der Waals surface area contributed by atoms with E-state index in [2.05, 4.69) is 10.3 Å². The molecule has 0 saturated carbocycles. The lowest BCUT2D eigenvalue weighted by molar-refractivity contribution is 1.24. The summed E-state index contributed by atoms with van der Waals surface area (Å²) >= 11 is 7.58. The van der Waals surface area contributed by atoms with Crippen LogP contribution >= 0.6 is 23.4 Å². The molecule has 0 atom stereocenters. The van der Waals surface area contributed by atoms with Gasteiger partial charge in [0.1, 0.15) is 5.82 Å². The lowest BCUT2D eigenvalue weighted by Gasteiger charge is -2.04. The summed E-state index contributed by atoms with van der Waals surface area (Å²) in [5, 5.41) is 3.61. The summed E-state index contributed by atoms with van der Waals surface area (Å²) in [5.41, 5.74) is 0. The minimum absolute atomic E-state index is 0.697. The Balaban J connectivity index is 3.10. The van der Waals surface area contributed by atoms with Crippen LogP contribution in [-0.2, 0) is 0 Å². The van der Waals surface area contributed by atoms with E-state index in [9.17, 15) is 0 Å². The molecule has 0 unspecified atom stereocenters. The molecule has 60 valence electrons. The van der Waals surface area contributed by atoms with E-state index in [1.165, 1.54) is 0 Å². The van der Waals surface area contributed by atoms with Crippen LogP contribution in [0.3, 0.4) is 0 Å². The maximum absolute atomic E-state index is 5.96. The Hall–Kier alpha value is -0.410. The van der Waals surface area contributed by atoms with Crippen LogP contribution in [0.25, 0.3) is 0 Å². The molecule has 1 aromatic rings. The zero-order chi connectivity index (χ0) is 8.27. The molecule has 11 heavy (non-hydrogen) atoms. The van der Waals surface area contributed by atoms with Gasteiger partial charge in [0.05, 0.1) is 5.02 Å². The van der Waals surface area contributed by atoms with E-state index in [0.29, 0.717) is 5.02 Å². The molecule has 0 aliphatic carbocycles. The van der Waals surface area contributed by atoms with E-state index in [-0.39, 0.29) is 0 Å². The molecule has 0 fully saturated rings. The molecule has 0 amide bonds. The number of halogens is 1. The molecule has 1 rings (SSSR count). The topological polar surface area (TPSA) is 24.9 Å². The Morgan fingerprint density at radius 1 is 1.64 bits per heavy atom. The van der Waals surface area contributed by atoms with Crippen molar-refractivity contribution in [3.8, 4) is 0 Å². The molecular formula is C7H9ClN2S. The van der Waals surface area contributed by atoms with Gasteiger partial charge in [0.25, 0.3) is 0 Å². The van der Waals surface area contributed by atoms with Crippen molar-refractivity contribution in [3.05, 3.63) is 17.3 Å². The SMILES string of the molecule is CNc1nccc(SC)c1Cl. The Bertz CT molecular complexity index is 230. The first kappa shape index (κ1) is 8.68. The van der Waals surface area contributed by atoms with Gasteiger partial charge in [0.15, 0.2) is 0 Å². The van der Waals surface area contributed by atoms with Crippen molar-refractivity contribution in [1.82, 2.24) is 4.98 Å². The van der Waals surface area contributed by atoms with Crippen LogP contribution < -0.4 is 5.32 Å². The number of pyridine rings is 1. The van der Waals surface area contributed by atoms with Gasteiger partial charge in [-0.05, 0) is 12.3 Å². The molecule has 1 aromatic heterocycles. The first-order valence-electron chi connectivity index (χ1n) is 3.16. The predicted octanol–water partition coefficient (Wildman–Crippen LogP) is 2.50. The van der Waals surface area contributed by atoms with Gasteiger partial charge >= 0.3 is 0 Å². The Morgan fingerprint density at radius 3 is 2.91 bits per heavy atom. The van der Waals surface area contributed by atoms with Gasteiger partial charge in [0, 0.05) is 18.1 Å². The van der Waals surface area contributed by atoms with Crippen molar-refractivity contribution >= 4 is 29.2 Å². The number of anilines is 1. The summed E-state index contributed by atoms with van der Waals surface area (Å²) in [6.45, 7) is 0. The van der Waals surface area contributed by atoms with Crippen LogP contribution in [0.15, 0.2) is 17.2 Å². The van der Waals surface area contributed by atoms with Gasteiger partial charge in [-0.1, -0.05) is 11.6 Å². The van der Waals surface area contributed by atoms with Crippen molar-refractivity contribution in [3.63, 3.8) is 0 Å². The van der Waals surface area contributed by atoms with E-state index in [4.69, 9.17) is 11.6 Å². The maximum atomic E-state index is 5.96. The predicted molar refractivity (Wildman–Crippen MR) is 50.6 cm³/mol. The normalized spacial score (nSPS) is 9.73. The fraction of sp³-hybridized carbons (Fsp3) is 0.286. The first-order chi connectivity index (χ1) is 5.29. The van der Waals surface area contributed by atoms with Gasteiger partial charge in [-0.2, -0.15) is 0 Å². The monoisotopic (exact) mass is 188 g/mol. The quantitative estimate of drug-likeness (QED) is 0.722. The van der Waals surface area contributed by atoms with Gasteiger partial charge in [-0.3, -0.25) is 0 Å². The van der Waals surface area contributed by atoms with Crippen molar-refractivity contribution in [2.24, 2.45) is 0 Å². The van der Waals surface area contributed by atoms with Gasteiger partial charge in [-0.15, -0.1) is 11.8 Å². The standard InChI is InChI=1S/C7H9ClN2S/c1-9-7-6(8)5(11-2)3-4-10-7/h3-4H,1-2H3,(H,9,10). The molecule has 0 aliphatic heterocycles. The van der Waals surface area contributed by atoms with Crippen LogP contribution in [-0.4, -0.2) is 18.3 Å². The third-order valence-corrected chi connectivity index (χ3v) is 2.59. The van der Waals surface area contributed by atoms with Crippen molar-refractivity contribution < 1.29 is 0 Å². The third kappa shape index (κ3) is 1.79. The van der Waals surface area contributed by atoms with Gasteiger partial charge in [-0.25, -0.2) is 4.98 Å².